The fourth-order valence-electron chi connectivity index (χ4n) is 2.26. The molecule has 0 radical (unpaired) electrons. The average Bonchev–Trinajstić information content (AvgIpc) is 2.89. The molecule has 0 bridgehead atoms. The summed E-state index contributed by atoms with van der Waals surface area (Å²) in [4.78, 5) is 16.4. The molecule has 2 N–H and O–H groups in total. The van der Waals surface area contributed by atoms with Crippen LogP contribution >= 0.6 is 11.8 Å². The quantitative estimate of drug-likeness (QED) is 0.780. The molecule has 1 amide bonds. The molecule has 1 aromatic heterocycles. The fraction of sp³-hybridized carbons (Fsp3) is 0.438. The molecule has 128 valence electrons. The number of rotatable bonds is 6. The number of anilines is 1. The van der Waals surface area contributed by atoms with E-state index < -0.39 is 0 Å². The van der Waals surface area contributed by atoms with Gasteiger partial charge in [0.25, 0.3) is 0 Å². The van der Waals surface area contributed by atoms with Crippen molar-refractivity contribution in [2.24, 2.45) is 0 Å². The minimum atomic E-state index is -0.115. The van der Waals surface area contributed by atoms with Gasteiger partial charge in [-0.3, -0.25) is 9.89 Å². The predicted octanol–water partition coefficient (Wildman–Crippen LogP) is 2.65. The van der Waals surface area contributed by atoms with Gasteiger partial charge in [0.05, 0.1) is 19.0 Å². The summed E-state index contributed by atoms with van der Waals surface area (Å²) in [6, 6.07) is 5.41. The lowest BCUT2D eigenvalue weighted by Gasteiger charge is -2.10. The molecule has 1 aromatic carbocycles. The number of nitrogens with one attached hydrogen (secondary N) is 2. The molecular formula is C16H20N4O3S. The van der Waals surface area contributed by atoms with Gasteiger partial charge in [-0.05, 0) is 18.6 Å². The van der Waals surface area contributed by atoms with Crippen LogP contribution in [0.25, 0.3) is 0 Å². The number of benzene rings is 1. The van der Waals surface area contributed by atoms with Crippen molar-refractivity contribution in [2.45, 2.75) is 31.3 Å². The van der Waals surface area contributed by atoms with Gasteiger partial charge in [0.15, 0.2) is 11.5 Å². The van der Waals surface area contributed by atoms with E-state index in [1.165, 1.54) is 11.8 Å². The van der Waals surface area contributed by atoms with Crippen LogP contribution in [0.1, 0.15) is 25.6 Å². The maximum absolute atomic E-state index is 12.1. The number of ether oxygens (including phenoxy) is 2. The highest BCUT2D eigenvalue weighted by atomic mass is 32.2. The molecule has 0 unspecified atom stereocenters. The summed E-state index contributed by atoms with van der Waals surface area (Å²) in [5, 5.41) is 10.4. The summed E-state index contributed by atoms with van der Waals surface area (Å²) >= 11 is 1.31. The number of amides is 1. The number of aryl methyl sites for hydroxylation is 1. The predicted molar refractivity (Wildman–Crippen MR) is 91.8 cm³/mol. The van der Waals surface area contributed by atoms with Crippen LogP contribution in [0, 0.1) is 0 Å². The van der Waals surface area contributed by atoms with Gasteiger partial charge in [-0.2, -0.15) is 0 Å². The number of carbonyl (C=O) groups is 1. The Bertz CT molecular complexity index is 704. The van der Waals surface area contributed by atoms with Crippen molar-refractivity contribution in [2.75, 3.05) is 24.3 Å². The smallest absolute Gasteiger partial charge is 0.234 e. The Morgan fingerprint density at radius 3 is 3.00 bits per heavy atom. The molecule has 1 aliphatic heterocycles. The van der Waals surface area contributed by atoms with Crippen molar-refractivity contribution in [1.82, 2.24) is 15.2 Å². The molecule has 0 saturated carbocycles. The number of aromatic nitrogens is 3. The van der Waals surface area contributed by atoms with Gasteiger partial charge >= 0.3 is 0 Å². The molecule has 2 heterocycles. The normalized spacial score (nSPS) is 13.4. The maximum atomic E-state index is 12.1. The Morgan fingerprint density at radius 1 is 1.33 bits per heavy atom. The van der Waals surface area contributed by atoms with Crippen LogP contribution in [0.3, 0.4) is 0 Å². The van der Waals surface area contributed by atoms with Gasteiger partial charge in [-0.25, -0.2) is 4.98 Å². The third kappa shape index (κ3) is 4.41. The summed E-state index contributed by atoms with van der Waals surface area (Å²) in [6.45, 7) is 3.34. The van der Waals surface area contributed by atoms with E-state index in [2.05, 4.69) is 27.4 Å². The second-order valence-electron chi connectivity index (χ2n) is 5.36. The van der Waals surface area contributed by atoms with Crippen LogP contribution in [0.4, 0.5) is 5.69 Å². The lowest BCUT2D eigenvalue weighted by Crippen LogP contribution is -2.14. The zero-order valence-corrected chi connectivity index (χ0v) is 14.3. The van der Waals surface area contributed by atoms with Gasteiger partial charge in [-0.15, -0.1) is 5.10 Å². The Labute approximate surface area is 144 Å². The van der Waals surface area contributed by atoms with Crippen molar-refractivity contribution >= 4 is 23.4 Å². The van der Waals surface area contributed by atoms with E-state index in [0.717, 1.165) is 25.1 Å². The lowest BCUT2D eigenvalue weighted by atomic mass is 10.2. The number of hydrogen-bond donors (Lipinski definition) is 2. The van der Waals surface area contributed by atoms with Crippen LogP contribution in [-0.4, -0.2) is 40.1 Å². The highest BCUT2D eigenvalue weighted by Crippen LogP contribution is 2.32. The van der Waals surface area contributed by atoms with E-state index in [-0.39, 0.29) is 11.7 Å². The second-order valence-corrected chi connectivity index (χ2v) is 6.31. The molecule has 3 rings (SSSR count). The Hall–Kier alpha value is -2.22. The van der Waals surface area contributed by atoms with Gasteiger partial charge in [-0.1, -0.05) is 18.7 Å². The number of H-pyrrole nitrogens is 1. The first-order valence-electron chi connectivity index (χ1n) is 7.98. The molecule has 0 saturated heterocycles. The first-order chi connectivity index (χ1) is 11.7. The van der Waals surface area contributed by atoms with Crippen molar-refractivity contribution in [3.05, 3.63) is 24.0 Å². The number of thioether (sulfide) groups is 1. The molecule has 8 heteroatoms. The highest BCUT2D eigenvalue weighted by Gasteiger charge is 2.12. The first-order valence-corrected chi connectivity index (χ1v) is 8.96. The van der Waals surface area contributed by atoms with Crippen LogP contribution in [-0.2, 0) is 11.2 Å². The third-order valence-electron chi connectivity index (χ3n) is 3.36. The Balaban J connectivity index is 1.53. The molecule has 0 spiro atoms. The number of hydrogen-bond acceptors (Lipinski definition) is 6. The number of nitrogens with zero attached hydrogens (tertiary/aromatic N) is 2. The third-order valence-corrected chi connectivity index (χ3v) is 4.21. The summed E-state index contributed by atoms with van der Waals surface area (Å²) < 4.78 is 11.2. The lowest BCUT2D eigenvalue weighted by molar-refractivity contribution is -0.113. The first kappa shape index (κ1) is 16.6. The van der Waals surface area contributed by atoms with Crippen molar-refractivity contribution in [3.8, 4) is 11.5 Å². The molecule has 7 nitrogen and oxygen atoms in total. The van der Waals surface area contributed by atoms with E-state index in [4.69, 9.17) is 9.47 Å². The van der Waals surface area contributed by atoms with Gasteiger partial charge < -0.3 is 14.8 Å². The number of fused-ring (bicyclic) bond motifs is 1. The highest BCUT2D eigenvalue weighted by molar-refractivity contribution is 7.99. The van der Waals surface area contributed by atoms with E-state index >= 15 is 0 Å². The van der Waals surface area contributed by atoms with E-state index in [1.807, 2.05) is 12.1 Å². The molecular weight excluding hydrogens is 328 g/mol. The zero-order chi connectivity index (χ0) is 16.8. The van der Waals surface area contributed by atoms with E-state index in [0.29, 0.717) is 35.6 Å². The van der Waals surface area contributed by atoms with Crippen LogP contribution in [0.15, 0.2) is 23.4 Å². The van der Waals surface area contributed by atoms with E-state index in [9.17, 15) is 4.79 Å². The number of aromatic amines is 1. The Kier molecular flexibility index (Phi) is 5.58. The van der Waals surface area contributed by atoms with Crippen LogP contribution < -0.4 is 14.8 Å². The molecule has 0 fully saturated rings. The summed E-state index contributed by atoms with van der Waals surface area (Å²) in [6.07, 6.45) is 2.71. The maximum Gasteiger partial charge on any atom is 0.234 e. The summed E-state index contributed by atoms with van der Waals surface area (Å²) in [5.41, 5.74) is 0.687. The molecule has 2 aromatic rings. The zero-order valence-electron chi connectivity index (χ0n) is 13.5. The molecule has 24 heavy (non-hydrogen) atoms. The van der Waals surface area contributed by atoms with Gasteiger partial charge in [0.1, 0.15) is 5.82 Å². The topological polar surface area (TPSA) is 89.1 Å². The minimum Gasteiger partial charge on any atom is -0.490 e. The second kappa shape index (κ2) is 8.05. The number of carbonyl (C=O) groups excluding carboxylic acids is 1. The molecule has 0 aliphatic carbocycles. The van der Waals surface area contributed by atoms with Gasteiger partial charge in [0.2, 0.25) is 11.1 Å². The van der Waals surface area contributed by atoms with Gasteiger partial charge in [0, 0.05) is 24.6 Å². The summed E-state index contributed by atoms with van der Waals surface area (Å²) in [7, 11) is 0. The van der Waals surface area contributed by atoms with Crippen molar-refractivity contribution in [1.29, 1.82) is 0 Å². The minimum absolute atomic E-state index is 0.115. The van der Waals surface area contributed by atoms with Crippen LogP contribution in [0.2, 0.25) is 0 Å². The van der Waals surface area contributed by atoms with Crippen LogP contribution in [0.5, 0.6) is 11.5 Å². The SMILES string of the molecule is CCCc1nc(SCC(=O)Nc2ccc3c(c2)OCCCO3)n[nH]1. The summed E-state index contributed by atoms with van der Waals surface area (Å²) in [5.74, 6) is 2.36. The standard InChI is InChI=1S/C16H20N4O3S/c1-2-4-14-18-16(20-19-14)24-10-15(21)17-11-5-6-12-13(9-11)23-8-3-7-22-12/h5-6,9H,2-4,7-8,10H2,1H3,(H,17,21)(H,18,19,20). The monoisotopic (exact) mass is 348 g/mol. The molecule has 0 atom stereocenters. The van der Waals surface area contributed by atoms with Crippen molar-refractivity contribution in [3.63, 3.8) is 0 Å². The fourth-order valence-corrected chi connectivity index (χ4v) is 2.88. The van der Waals surface area contributed by atoms with E-state index in [1.54, 1.807) is 6.07 Å². The largest absolute Gasteiger partial charge is 0.490 e. The average molecular weight is 348 g/mol. The Morgan fingerprint density at radius 2 is 2.17 bits per heavy atom. The molecule has 1 aliphatic rings. The van der Waals surface area contributed by atoms with Crippen molar-refractivity contribution < 1.29 is 14.3 Å².